The number of hydrogen-bond donors (Lipinski definition) is 3. The molecule has 2 aromatic rings. The van der Waals surface area contributed by atoms with Crippen LogP contribution in [0.15, 0.2) is 41.1 Å². The molecule has 0 amide bonds. The predicted molar refractivity (Wildman–Crippen MR) is 140 cm³/mol. The number of nitrogens with zero attached hydrogens (tertiary/aromatic N) is 2. The normalized spacial score (nSPS) is 14.6. The van der Waals surface area contributed by atoms with Gasteiger partial charge in [-0.3, -0.25) is 14.8 Å². The maximum atomic E-state index is 9.00. The van der Waals surface area contributed by atoms with E-state index in [4.69, 9.17) is 26.1 Å². The van der Waals surface area contributed by atoms with Crippen LogP contribution in [0.1, 0.15) is 68.3 Å². The van der Waals surface area contributed by atoms with Gasteiger partial charge in [-0.1, -0.05) is 15.9 Å². The van der Waals surface area contributed by atoms with Crippen molar-refractivity contribution in [2.24, 2.45) is 11.5 Å². The summed E-state index contributed by atoms with van der Waals surface area (Å²) in [6.45, 7) is 4.14. The number of aliphatic carboxylic acids is 1. The second kappa shape index (κ2) is 22.7. The van der Waals surface area contributed by atoms with Gasteiger partial charge >= 0.3 is 30.0 Å². The van der Waals surface area contributed by atoms with E-state index in [1.54, 1.807) is 6.20 Å². The van der Waals surface area contributed by atoms with Crippen LogP contribution < -0.4 is 11.5 Å². The van der Waals surface area contributed by atoms with Crippen LogP contribution in [-0.4, -0.2) is 34.3 Å². The number of carboxylic acid groups (broad SMARTS) is 1. The predicted octanol–water partition coefficient (Wildman–Crippen LogP) is 5.44. The molecular formula is C24H36Br2N4O3Zn. The van der Waals surface area contributed by atoms with Crippen molar-refractivity contribution in [2.45, 2.75) is 64.5 Å². The molecule has 0 radical (unpaired) electrons. The third kappa shape index (κ3) is 21.7. The van der Waals surface area contributed by atoms with Gasteiger partial charge in [0.15, 0.2) is 0 Å². The first-order valence-electron chi connectivity index (χ1n) is 11.3. The number of carbonyl (C=O) groups is 1. The van der Waals surface area contributed by atoms with Crippen LogP contribution in [0.3, 0.4) is 0 Å². The van der Waals surface area contributed by atoms with Crippen LogP contribution in [0.5, 0.6) is 0 Å². The zero-order valence-electron chi connectivity index (χ0n) is 20.0. The molecule has 0 atom stereocenters. The molecule has 2 aromatic heterocycles. The summed E-state index contributed by atoms with van der Waals surface area (Å²) >= 11 is 7.56. The van der Waals surface area contributed by atoms with Gasteiger partial charge in [-0.2, -0.15) is 0 Å². The molecule has 186 valence electrons. The second-order valence-corrected chi connectivity index (χ2v) is 8.35. The number of nitrogens with two attached hydrogens (primary N) is 2. The molecule has 7 nitrogen and oxygen atoms in total. The van der Waals surface area contributed by atoms with E-state index in [-0.39, 0.29) is 0 Å². The van der Waals surface area contributed by atoms with E-state index >= 15 is 0 Å². The number of pyridine rings is 2. The number of hydrogen-bond acceptors (Lipinski definition) is 6. The van der Waals surface area contributed by atoms with Gasteiger partial charge in [-0.15, -0.1) is 0 Å². The van der Waals surface area contributed by atoms with Gasteiger partial charge in [0.1, 0.15) is 0 Å². The summed E-state index contributed by atoms with van der Waals surface area (Å²) in [4.78, 5) is 17.1. The molecule has 0 aromatic carbocycles. The number of rotatable bonds is 3. The Bertz CT molecular complexity index is 763. The molecule has 10 heteroatoms. The van der Waals surface area contributed by atoms with Crippen molar-refractivity contribution in [1.29, 1.82) is 0 Å². The van der Waals surface area contributed by atoms with E-state index in [0.29, 0.717) is 13.1 Å². The van der Waals surface area contributed by atoms with Crippen molar-refractivity contribution in [3.63, 3.8) is 0 Å². The van der Waals surface area contributed by atoms with E-state index in [1.165, 1.54) is 60.4 Å². The van der Waals surface area contributed by atoms with E-state index < -0.39 is 5.97 Å². The average Bonchev–Trinajstić information content (AvgIpc) is 3.81. The Morgan fingerprint density at radius 2 is 1.56 bits per heavy atom. The molecule has 34 heavy (non-hydrogen) atoms. The second-order valence-electron chi connectivity index (χ2n) is 7.43. The standard InChI is InChI=1S/C9H12N2.C6H7BrN2.C4H8O.C3H5.C2H4O2.BrH.Zn/c10-6-9-5-8(3-4-11-9)7-1-2-7;7-5-1-2-9-6(3-5)4-8;1-2-4-5-3-1;1-2-3-1;1-2(3)4;;/h3-5,7H,1-2,6,10H2;1-3H,4,8H2;1-4H2;1H,2-3H2;1H3,(H,3,4);1H;/q;;;-1;;;+2/p-1. The topological polar surface area (TPSA) is 124 Å². The van der Waals surface area contributed by atoms with Gasteiger partial charge in [0.25, 0.3) is 5.97 Å². The molecule has 0 bridgehead atoms. The average molecular weight is 654 g/mol. The van der Waals surface area contributed by atoms with Crippen LogP contribution in [0.25, 0.3) is 0 Å². The first-order chi connectivity index (χ1) is 16.5. The third-order valence-corrected chi connectivity index (χ3v) is 4.70. The van der Waals surface area contributed by atoms with E-state index in [0.717, 1.165) is 41.9 Å². The fraction of sp³-hybridized carbons (Fsp3) is 0.500. The summed E-state index contributed by atoms with van der Waals surface area (Å²) < 4.78 is 5.97. The van der Waals surface area contributed by atoms with Gasteiger partial charge in [0.2, 0.25) is 0 Å². The number of ether oxygens (including phenoxy) is 1. The molecule has 3 aliphatic rings. The van der Waals surface area contributed by atoms with Crippen molar-refractivity contribution < 1.29 is 31.0 Å². The van der Waals surface area contributed by atoms with Crippen molar-refractivity contribution in [3.8, 4) is 0 Å². The summed E-state index contributed by atoms with van der Waals surface area (Å²) in [5, 5.41) is 7.42. The van der Waals surface area contributed by atoms with Crippen LogP contribution in [-0.2, 0) is 39.0 Å². The minimum absolute atomic E-state index is 0.499. The quantitative estimate of drug-likeness (QED) is 0.298. The summed E-state index contributed by atoms with van der Waals surface area (Å²) in [6.07, 6.45) is 13.8. The van der Waals surface area contributed by atoms with Crippen LogP contribution in [0.4, 0.5) is 0 Å². The summed E-state index contributed by atoms with van der Waals surface area (Å²) in [7, 11) is 0. The SMILES string of the molecule is C1CCOC1.CC(=O)O.NCc1cc(Br)ccn1.NCc1cc(C2CC2)ccn1.[CH-]1CC1.[Zn+][Br]. The van der Waals surface area contributed by atoms with Crippen LogP contribution in [0, 0.1) is 6.42 Å². The number of aromatic nitrogens is 2. The molecular weight excluding hydrogens is 617 g/mol. The Labute approximate surface area is 229 Å². The van der Waals surface area contributed by atoms with E-state index in [9.17, 15) is 0 Å². The molecule has 3 heterocycles. The molecule has 2 aliphatic carbocycles. The Balaban J connectivity index is 0.000000423. The minimum atomic E-state index is -0.833. The molecule has 1 saturated heterocycles. The van der Waals surface area contributed by atoms with Gasteiger partial charge in [0.05, 0.1) is 11.4 Å². The third-order valence-electron chi connectivity index (χ3n) is 4.20. The van der Waals surface area contributed by atoms with E-state index in [1.807, 2.05) is 18.3 Å². The molecule has 2 saturated carbocycles. The summed E-state index contributed by atoms with van der Waals surface area (Å²) in [5.74, 6) is -0.0247. The first-order valence-corrected chi connectivity index (χ1v) is 19.0. The van der Waals surface area contributed by atoms with Gasteiger partial charge in [-0.25, -0.2) is 12.8 Å². The van der Waals surface area contributed by atoms with Crippen molar-refractivity contribution >= 4 is 35.5 Å². The fourth-order valence-electron chi connectivity index (χ4n) is 2.35. The Hall–Kier alpha value is -0.767. The number of halogens is 2. The van der Waals surface area contributed by atoms with Crippen molar-refractivity contribution in [1.82, 2.24) is 9.97 Å². The monoisotopic (exact) mass is 650 g/mol. The van der Waals surface area contributed by atoms with Crippen molar-refractivity contribution in [2.75, 3.05) is 13.2 Å². The molecule has 1 aliphatic heterocycles. The Morgan fingerprint density at radius 3 is 1.88 bits per heavy atom. The first kappa shape index (κ1) is 33.2. The molecule has 0 unspecified atom stereocenters. The van der Waals surface area contributed by atoms with Crippen molar-refractivity contribution in [3.05, 3.63) is 64.5 Å². The number of carboxylic acids is 1. The molecule has 5 rings (SSSR count). The molecule has 0 spiro atoms. The van der Waals surface area contributed by atoms with Gasteiger partial charge in [-0.05, 0) is 61.4 Å². The zero-order chi connectivity index (χ0) is 25.6. The Morgan fingerprint density at radius 1 is 1.09 bits per heavy atom. The summed E-state index contributed by atoms with van der Waals surface area (Å²) in [6, 6.07) is 7.99. The van der Waals surface area contributed by atoms with Crippen LogP contribution >= 0.6 is 29.6 Å². The Kier molecular flexibility index (Phi) is 22.2. The van der Waals surface area contributed by atoms with Gasteiger partial charge in [0, 0.05) is 50.1 Å². The molecule has 5 N–H and O–H groups in total. The molecule has 3 fully saturated rings. The zero-order valence-corrected chi connectivity index (χ0v) is 26.1. The van der Waals surface area contributed by atoms with Crippen LogP contribution in [0.2, 0.25) is 0 Å². The van der Waals surface area contributed by atoms with Gasteiger partial charge < -0.3 is 27.7 Å². The van der Waals surface area contributed by atoms with E-state index in [2.05, 4.69) is 58.1 Å². The maximum absolute atomic E-state index is 9.00. The fourth-order valence-corrected chi connectivity index (χ4v) is 2.73. The summed E-state index contributed by atoms with van der Waals surface area (Å²) in [5.41, 5.74) is 14.1.